The van der Waals surface area contributed by atoms with E-state index >= 15 is 0 Å². The number of nitrogens with zero attached hydrogens (tertiary/aromatic N) is 3. The number of anilines is 2. The Morgan fingerprint density at radius 1 is 1.37 bits per heavy atom. The third kappa shape index (κ3) is 5.86. The number of amides is 2. The number of pyridine rings is 1. The predicted molar refractivity (Wildman–Crippen MR) is 115 cm³/mol. The summed E-state index contributed by atoms with van der Waals surface area (Å²) in [6.07, 6.45) is 1.95. The average Bonchev–Trinajstić information content (AvgIpc) is 2.97. The van der Waals surface area contributed by atoms with E-state index in [2.05, 4.69) is 36.5 Å². The van der Waals surface area contributed by atoms with Crippen molar-refractivity contribution in [3.05, 3.63) is 27.9 Å². The van der Waals surface area contributed by atoms with Crippen molar-refractivity contribution in [2.45, 2.75) is 18.7 Å². The number of thioether (sulfide) groups is 1. The van der Waals surface area contributed by atoms with Gasteiger partial charge in [-0.15, -0.1) is 0 Å². The molecule has 2 aromatic rings. The van der Waals surface area contributed by atoms with Gasteiger partial charge in [-0.05, 0) is 35.8 Å². The van der Waals surface area contributed by atoms with Crippen LogP contribution >= 0.6 is 51.2 Å². The van der Waals surface area contributed by atoms with E-state index in [1.807, 2.05) is 18.7 Å². The van der Waals surface area contributed by atoms with E-state index in [0.717, 1.165) is 24.4 Å². The number of rotatable bonds is 6. The lowest BCUT2D eigenvalue weighted by Gasteiger charge is -2.21. The van der Waals surface area contributed by atoms with E-state index in [1.165, 1.54) is 11.8 Å². The van der Waals surface area contributed by atoms with Crippen LogP contribution in [0.2, 0.25) is 0 Å². The van der Waals surface area contributed by atoms with Crippen LogP contribution in [0.5, 0.6) is 0 Å². The summed E-state index contributed by atoms with van der Waals surface area (Å²) in [7, 11) is 0. The smallest absolute Gasteiger partial charge is 0.410 e. The Balaban J connectivity index is 2.18. The summed E-state index contributed by atoms with van der Waals surface area (Å²) in [4.78, 5) is 34.4. The first kappa shape index (κ1) is 21.5. The van der Waals surface area contributed by atoms with Gasteiger partial charge in [-0.1, -0.05) is 35.3 Å². The first-order chi connectivity index (χ1) is 12.8. The maximum absolute atomic E-state index is 12.6. The first-order valence-electron chi connectivity index (χ1n) is 7.74. The fraction of sp³-hybridized carbons (Fsp3) is 0.267. The van der Waals surface area contributed by atoms with Crippen molar-refractivity contribution < 1.29 is 14.7 Å². The molecule has 0 unspecified atom stereocenters. The van der Waals surface area contributed by atoms with Gasteiger partial charge in [0, 0.05) is 25.5 Å². The summed E-state index contributed by atoms with van der Waals surface area (Å²) in [5.74, 6) is -0.417. The Hall–Kier alpha value is -1.76. The van der Waals surface area contributed by atoms with Crippen molar-refractivity contribution in [1.29, 1.82) is 0 Å². The lowest BCUT2D eigenvalue weighted by molar-refractivity contribution is 0.102. The standard InChI is InChI=1S/C15H16BrN5O3S3/c1-3-21(4-2)15(25)26-9-7-17-6-5-8(9)18-12(22)10-11(16)19-13(27-10)20-14(23)24/h5-7H,3-4H2,1-2H3,(H,19,20)(H,23,24)(H,17,18,22). The van der Waals surface area contributed by atoms with Crippen LogP contribution in [-0.4, -0.2) is 49.4 Å². The van der Waals surface area contributed by atoms with E-state index in [0.29, 0.717) is 14.9 Å². The van der Waals surface area contributed by atoms with Gasteiger partial charge in [-0.3, -0.25) is 15.1 Å². The van der Waals surface area contributed by atoms with Gasteiger partial charge in [0.25, 0.3) is 5.91 Å². The number of nitrogens with one attached hydrogen (secondary N) is 2. The molecule has 2 rings (SSSR count). The second kappa shape index (κ2) is 9.97. The summed E-state index contributed by atoms with van der Waals surface area (Å²) in [6.45, 7) is 5.62. The highest BCUT2D eigenvalue weighted by Crippen LogP contribution is 2.31. The van der Waals surface area contributed by atoms with Crippen molar-refractivity contribution in [3.8, 4) is 0 Å². The van der Waals surface area contributed by atoms with Crippen LogP contribution in [0.3, 0.4) is 0 Å². The number of carboxylic acid groups (broad SMARTS) is 1. The largest absolute Gasteiger partial charge is 0.465 e. The fourth-order valence-electron chi connectivity index (χ4n) is 1.97. The summed E-state index contributed by atoms with van der Waals surface area (Å²) >= 11 is 10.9. The van der Waals surface area contributed by atoms with Crippen molar-refractivity contribution >= 4 is 78.4 Å². The minimum Gasteiger partial charge on any atom is -0.465 e. The summed E-state index contributed by atoms with van der Waals surface area (Å²) < 4.78 is 0.950. The van der Waals surface area contributed by atoms with Gasteiger partial charge < -0.3 is 15.3 Å². The molecule has 0 fully saturated rings. The number of halogens is 1. The molecule has 144 valence electrons. The third-order valence-electron chi connectivity index (χ3n) is 3.26. The maximum atomic E-state index is 12.6. The molecule has 3 N–H and O–H groups in total. The molecule has 2 aromatic heterocycles. The third-order valence-corrected chi connectivity index (χ3v) is 6.55. The van der Waals surface area contributed by atoms with Crippen LogP contribution in [0, 0.1) is 0 Å². The molecular formula is C15H16BrN5O3S3. The van der Waals surface area contributed by atoms with E-state index in [9.17, 15) is 9.59 Å². The minimum atomic E-state index is -1.25. The molecule has 12 heteroatoms. The summed E-state index contributed by atoms with van der Waals surface area (Å²) in [5.41, 5.74) is 0.558. The van der Waals surface area contributed by atoms with Crippen LogP contribution < -0.4 is 10.6 Å². The number of thiazole rings is 1. The molecule has 0 aliphatic carbocycles. The molecule has 2 heterocycles. The molecular weight excluding hydrogens is 474 g/mol. The van der Waals surface area contributed by atoms with E-state index in [-0.39, 0.29) is 14.6 Å². The lowest BCUT2D eigenvalue weighted by Crippen LogP contribution is -2.26. The Morgan fingerprint density at radius 3 is 2.70 bits per heavy atom. The molecule has 0 spiro atoms. The highest BCUT2D eigenvalue weighted by atomic mass is 79.9. The predicted octanol–water partition coefficient (Wildman–Crippen LogP) is 4.36. The topological polar surface area (TPSA) is 107 Å². The number of aromatic nitrogens is 2. The Kier molecular flexibility index (Phi) is 7.95. The van der Waals surface area contributed by atoms with Crippen molar-refractivity contribution in [3.63, 3.8) is 0 Å². The molecule has 0 radical (unpaired) electrons. The maximum Gasteiger partial charge on any atom is 0.410 e. The Labute approximate surface area is 177 Å². The number of carbonyl (C=O) groups excluding carboxylic acids is 1. The fourth-order valence-corrected chi connectivity index (χ4v) is 4.88. The summed E-state index contributed by atoms with van der Waals surface area (Å²) in [5, 5.41) is 13.8. The van der Waals surface area contributed by atoms with Crippen LogP contribution in [0.1, 0.15) is 23.5 Å². The SMILES string of the molecule is CCN(CC)C(=S)Sc1cnccc1NC(=O)c1sc(NC(=O)O)nc1Br. The molecule has 0 aliphatic rings. The second-order valence-corrected chi connectivity index (χ2v) is 8.36. The zero-order valence-corrected chi connectivity index (χ0v) is 18.4. The van der Waals surface area contributed by atoms with Gasteiger partial charge in [0.05, 0.1) is 10.6 Å². The molecule has 8 nitrogen and oxygen atoms in total. The number of thiocarbonyl (C=S) groups is 1. The molecule has 0 atom stereocenters. The van der Waals surface area contributed by atoms with Crippen molar-refractivity contribution in [2.75, 3.05) is 23.7 Å². The van der Waals surface area contributed by atoms with E-state index in [4.69, 9.17) is 17.3 Å². The lowest BCUT2D eigenvalue weighted by atomic mass is 10.4. The monoisotopic (exact) mass is 489 g/mol. The van der Waals surface area contributed by atoms with Gasteiger partial charge in [0.2, 0.25) is 0 Å². The van der Waals surface area contributed by atoms with Gasteiger partial charge >= 0.3 is 6.09 Å². The van der Waals surface area contributed by atoms with Crippen LogP contribution in [0.25, 0.3) is 0 Å². The zero-order valence-electron chi connectivity index (χ0n) is 14.4. The normalized spacial score (nSPS) is 10.3. The van der Waals surface area contributed by atoms with Crippen molar-refractivity contribution in [1.82, 2.24) is 14.9 Å². The highest BCUT2D eigenvalue weighted by Gasteiger charge is 2.19. The Bertz CT molecular complexity index is 857. The minimum absolute atomic E-state index is 0.103. The molecule has 0 aliphatic heterocycles. The van der Waals surface area contributed by atoms with Gasteiger partial charge in [0.1, 0.15) is 13.8 Å². The average molecular weight is 490 g/mol. The highest BCUT2D eigenvalue weighted by molar-refractivity contribution is 9.10. The first-order valence-corrected chi connectivity index (χ1v) is 10.6. The molecule has 27 heavy (non-hydrogen) atoms. The number of hydrogen-bond acceptors (Lipinski definition) is 7. The van der Waals surface area contributed by atoms with Crippen LogP contribution in [0.4, 0.5) is 15.6 Å². The van der Waals surface area contributed by atoms with Gasteiger partial charge in [0.15, 0.2) is 5.13 Å². The number of hydrogen-bond donors (Lipinski definition) is 3. The van der Waals surface area contributed by atoms with Crippen LogP contribution in [-0.2, 0) is 0 Å². The zero-order chi connectivity index (χ0) is 20.0. The molecule has 2 amide bonds. The van der Waals surface area contributed by atoms with Gasteiger partial charge in [-0.25, -0.2) is 9.78 Å². The van der Waals surface area contributed by atoms with Crippen LogP contribution in [0.15, 0.2) is 28.0 Å². The molecule has 0 bridgehead atoms. The van der Waals surface area contributed by atoms with E-state index < -0.39 is 12.0 Å². The molecule has 0 saturated heterocycles. The molecule has 0 saturated carbocycles. The van der Waals surface area contributed by atoms with Crippen molar-refractivity contribution in [2.24, 2.45) is 0 Å². The quantitative estimate of drug-likeness (QED) is 0.405. The summed E-state index contributed by atoms with van der Waals surface area (Å²) in [6, 6.07) is 1.68. The second-order valence-electron chi connectivity index (χ2n) is 4.94. The number of carbonyl (C=O) groups is 2. The Morgan fingerprint density at radius 2 is 2.07 bits per heavy atom. The van der Waals surface area contributed by atoms with Gasteiger partial charge in [-0.2, -0.15) is 0 Å². The van der Waals surface area contributed by atoms with E-state index in [1.54, 1.807) is 18.5 Å². The molecule has 0 aromatic carbocycles.